The molecule has 11 atom stereocenters. The number of halogens is 2. The van der Waals surface area contributed by atoms with Crippen LogP contribution in [0, 0.1) is 28.4 Å². The van der Waals surface area contributed by atoms with E-state index in [1.807, 2.05) is 0 Å². The highest BCUT2D eigenvalue weighted by Crippen LogP contribution is 2.64. The maximum absolute atomic E-state index is 15.8. The standard InChI is InChI=1S/C58H59F2N3O17/c1-30-39(77-54(73)47(45(33-16-10-7-11-17-33)63-51(70)34-18-12-8-13-19-34)78-43(68)28-61-42(67)27-62-52(71)37-23-22-36(59)24-38(37)60)26-58(74)50(79-53(72)35-20-14-9-15-21-35)48-56(6,40(66)25-41-57(48,29-75-41)80-32(3)65)49(69)46(76-31(2)64)44(30)55(58,4)5/h7-24,39-41,45-48,50,66,74H,25-29H2,1-6H3,(H,61,67)(H,62,71)(H,63,70)/t39-,40-,41+,45-,46+,47+,48?,50-,56+,57-,58+/m0/s1. The molecule has 4 aromatic rings. The Kier molecular flexibility index (Phi) is 16.6. The summed E-state index contributed by atoms with van der Waals surface area (Å²) in [5.41, 5.74) is -8.84. The highest BCUT2D eigenvalue weighted by atomic mass is 19.1. The fraction of sp³-hybridized carbons (Fsp3) is 0.397. The summed E-state index contributed by atoms with van der Waals surface area (Å²) in [6.45, 7) is 5.70. The molecule has 0 radical (unpaired) electrons. The van der Waals surface area contributed by atoms with Crippen molar-refractivity contribution in [2.24, 2.45) is 16.7 Å². The van der Waals surface area contributed by atoms with Crippen molar-refractivity contribution < 1.29 is 90.6 Å². The quantitative estimate of drug-likeness (QED) is 0.0599. The third-order valence-electron chi connectivity index (χ3n) is 15.7. The van der Waals surface area contributed by atoms with Gasteiger partial charge in [0.15, 0.2) is 17.5 Å². The molecule has 2 saturated carbocycles. The van der Waals surface area contributed by atoms with Crippen molar-refractivity contribution in [3.8, 4) is 0 Å². The topological polar surface area (TPSA) is 286 Å². The second-order valence-electron chi connectivity index (χ2n) is 20.9. The summed E-state index contributed by atoms with van der Waals surface area (Å²) in [4.78, 5) is 126. The number of aliphatic hydroxyl groups excluding tert-OH is 1. The van der Waals surface area contributed by atoms with Crippen molar-refractivity contribution in [2.45, 2.75) is 108 Å². The first-order chi connectivity index (χ1) is 37.8. The van der Waals surface area contributed by atoms with Crippen LogP contribution in [0.5, 0.6) is 0 Å². The number of hydrogen-bond donors (Lipinski definition) is 5. The van der Waals surface area contributed by atoms with E-state index in [1.165, 1.54) is 64.1 Å². The summed E-state index contributed by atoms with van der Waals surface area (Å²) < 4.78 is 64.3. The molecule has 1 heterocycles. The summed E-state index contributed by atoms with van der Waals surface area (Å²) in [5.74, 6) is -13.2. The number of Topliss-reactive ketones (excluding diaryl/α,β-unsaturated/α-hetero) is 1. The lowest BCUT2D eigenvalue weighted by Gasteiger charge is -2.67. The van der Waals surface area contributed by atoms with E-state index in [2.05, 4.69) is 16.0 Å². The van der Waals surface area contributed by atoms with E-state index in [4.69, 9.17) is 28.4 Å². The number of ketones is 1. The number of nitrogens with one attached hydrogen (secondary N) is 3. The van der Waals surface area contributed by atoms with Crippen molar-refractivity contribution in [1.82, 2.24) is 16.0 Å². The Morgan fingerprint density at radius 1 is 0.775 bits per heavy atom. The largest absolute Gasteiger partial charge is 0.455 e. The van der Waals surface area contributed by atoms with Gasteiger partial charge in [0.25, 0.3) is 11.8 Å². The van der Waals surface area contributed by atoms with Crippen LogP contribution in [0.15, 0.2) is 120 Å². The minimum atomic E-state index is -2.57. The number of rotatable bonds is 16. The third kappa shape index (κ3) is 10.9. The number of carbonyl (C=O) groups is 9. The number of fused-ring (bicyclic) bond motifs is 5. The molecule has 5 N–H and O–H groups in total. The van der Waals surface area contributed by atoms with E-state index in [-0.39, 0.29) is 34.3 Å². The molecule has 1 aliphatic heterocycles. The Balaban J connectivity index is 1.22. The molecule has 22 heteroatoms. The fourth-order valence-corrected chi connectivity index (χ4v) is 11.6. The van der Waals surface area contributed by atoms with Gasteiger partial charge in [-0.1, -0.05) is 80.6 Å². The second-order valence-corrected chi connectivity index (χ2v) is 20.9. The first-order valence-electron chi connectivity index (χ1n) is 25.5. The number of esters is 5. The summed E-state index contributed by atoms with van der Waals surface area (Å²) in [6, 6.07) is 23.7. The van der Waals surface area contributed by atoms with Gasteiger partial charge in [0.2, 0.25) is 12.0 Å². The first kappa shape index (κ1) is 58.0. The molecule has 3 aliphatic carbocycles. The predicted octanol–water partition coefficient (Wildman–Crippen LogP) is 4.11. The third-order valence-corrected chi connectivity index (χ3v) is 15.7. The van der Waals surface area contributed by atoms with Gasteiger partial charge >= 0.3 is 29.8 Å². The zero-order valence-corrected chi connectivity index (χ0v) is 44.3. The van der Waals surface area contributed by atoms with Crippen molar-refractivity contribution >= 4 is 53.4 Å². The second kappa shape index (κ2) is 22.9. The normalized spacial score (nSPS) is 27.1. The minimum Gasteiger partial charge on any atom is -0.455 e. The molecule has 0 spiro atoms. The molecule has 1 unspecified atom stereocenters. The number of aliphatic hydroxyl groups is 2. The van der Waals surface area contributed by atoms with Crippen molar-refractivity contribution in [1.29, 1.82) is 0 Å². The Morgan fingerprint density at radius 3 is 1.99 bits per heavy atom. The molecular weight excluding hydrogens is 1050 g/mol. The van der Waals surface area contributed by atoms with Gasteiger partial charge in [-0.25, -0.2) is 18.4 Å². The van der Waals surface area contributed by atoms with Gasteiger partial charge in [-0.2, -0.15) is 0 Å². The molecule has 4 aliphatic rings. The van der Waals surface area contributed by atoms with Crippen LogP contribution >= 0.6 is 0 Å². The zero-order valence-electron chi connectivity index (χ0n) is 44.3. The predicted molar refractivity (Wildman–Crippen MR) is 273 cm³/mol. The molecular formula is C58H59F2N3O17. The summed E-state index contributed by atoms with van der Waals surface area (Å²) in [7, 11) is 0. The monoisotopic (exact) mass is 1110 g/mol. The van der Waals surface area contributed by atoms with Crippen LogP contribution in [0.1, 0.15) is 97.1 Å². The molecule has 3 fully saturated rings. The fourth-order valence-electron chi connectivity index (χ4n) is 11.6. The van der Waals surface area contributed by atoms with Gasteiger partial charge in [0.1, 0.15) is 48.1 Å². The van der Waals surface area contributed by atoms with E-state index in [9.17, 15) is 52.6 Å². The molecule has 8 rings (SSSR count). The molecule has 20 nitrogen and oxygen atoms in total. The number of ether oxygens (including phenoxy) is 6. The maximum Gasteiger partial charge on any atom is 0.350 e. The van der Waals surface area contributed by atoms with Crippen LogP contribution in [0.4, 0.5) is 8.78 Å². The van der Waals surface area contributed by atoms with Crippen LogP contribution in [0.3, 0.4) is 0 Å². The van der Waals surface area contributed by atoms with Crippen molar-refractivity contribution in [3.05, 3.63) is 154 Å². The Morgan fingerprint density at radius 2 is 1.40 bits per heavy atom. The number of hydrogen-bond acceptors (Lipinski definition) is 17. The van der Waals surface area contributed by atoms with Crippen LogP contribution in [-0.2, 0) is 57.2 Å². The van der Waals surface area contributed by atoms with Crippen LogP contribution in [-0.4, -0.2) is 131 Å². The highest BCUT2D eigenvalue weighted by molar-refractivity contribution is 5.98. The molecule has 2 bridgehead atoms. The summed E-state index contributed by atoms with van der Waals surface area (Å²) >= 11 is 0. The van der Waals surface area contributed by atoms with Crippen LogP contribution in [0.25, 0.3) is 0 Å². The molecule has 4 aromatic carbocycles. The van der Waals surface area contributed by atoms with Gasteiger partial charge in [-0.3, -0.25) is 33.6 Å². The Labute approximate surface area is 457 Å². The van der Waals surface area contributed by atoms with E-state index >= 15 is 9.59 Å². The lowest BCUT2D eigenvalue weighted by molar-refractivity contribution is -0.346. The summed E-state index contributed by atoms with van der Waals surface area (Å²) in [6.07, 6.45) is -11.6. The van der Waals surface area contributed by atoms with E-state index < -0.39 is 167 Å². The Hall–Kier alpha value is -8.21. The summed E-state index contributed by atoms with van der Waals surface area (Å²) in [5, 5.41) is 33.3. The van der Waals surface area contributed by atoms with Crippen molar-refractivity contribution in [3.63, 3.8) is 0 Å². The average Bonchev–Trinajstić information content (AvgIpc) is 1.72. The van der Waals surface area contributed by atoms with Gasteiger partial charge < -0.3 is 54.6 Å². The SMILES string of the molecule is CC(=O)O[C@H]1C(=O)[C@@]2(C)C([C@H](OC(=O)c3ccccc3)[C@]3(O)C[C@H](OC(=O)[C@H](OC(=O)CNC(=O)CNC(=O)c4ccc(F)cc4F)[C@@H](NC(=O)c4ccccc4)c4ccccc4)C(C)=C1C3(C)C)[C@]1(OC(C)=O)CO[C@@H]1C[C@@H]2O. The lowest BCUT2D eigenvalue weighted by atomic mass is 9.44. The zero-order chi connectivity index (χ0) is 58.1. The smallest absolute Gasteiger partial charge is 0.350 e. The maximum atomic E-state index is 15.8. The minimum absolute atomic E-state index is 0.0117. The number of carbonyl (C=O) groups excluding carboxylic acids is 9. The highest BCUT2D eigenvalue weighted by Gasteiger charge is 2.78. The van der Waals surface area contributed by atoms with E-state index in [0.29, 0.717) is 6.07 Å². The van der Waals surface area contributed by atoms with Gasteiger partial charge in [-0.15, -0.1) is 0 Å². The van der Waals surface area contributed by atoms with E-state index in [0.717, 1.165) is 26.0 Å². The molecule has 0 aromatic heterocycles. The Bertz CT molecular complexity index is 3140. The van der Waals surface area contributed by atoms with Crippen LogP contribution < -0.4 is 16.0 Å². The average molecular weight is 1110 g/mol. The molecule has 3 amide bonds. The van der Waals surface area contributed by atoms with Gasteiger partial charge in [0, 0.05) is 43.7 Å². The number of benzene rings is 4. The lowest BCUT2D eigenvalue weighted by Crippen LogP contribution is -2.82. The molecule has 80 heavy (non-hydrogen) atoms. The van der Waals surface area contributed by atoms with Crippen molar-refractivity contribution in [2.75, 3.05) is 19.7 Å². The molecule has 422 valence electrons. The first-order valence-corrected chi connectivity index (χ1v) is 25.5. The number of amides is 3. The van der Waals surface area contributed by atoms with E-state index in [1.54, 1.807) is 54.6 Å². The van der Waals surface area contributed by atoms with Gasteiger partial charge in [0.05, 0.1) is 41.7 Å². The van der Waals surface area contributed by atoms with Gasteiger partial charge in [-0.05, 0) is 67.0 Å². The van der Waals surface area contributed by atoms with Crippen LogP contribution in [0.2, 0.25) is 0 Å². The molecule has 1 saturated heterocycles.